The minimum atomic E-state index is 0.679. The summed E-state index contributed by atoms with van der Waals surface area (Å²) in [4.78, 5) is 10.5. The predicted molar refractivity (Wildman–Crippen MR) is 253 cm³/mol. The molecule has 0 saturated heterocycles. The van der Waals surface area contributed by atoms with E-state index in [4.69, 9.17) is 15.1 Å². The molecule has 0 aliphatic heterocycles. The Morgan fingerprint density at radius 2 is 0.803 bits per heavy atom. The van der Waals surface area contributed by atoms with Gasteiger partial charge in [-0.1, -0.05) is 194 Å². The minimum absolute atomic E-state index is 0.679. The summed E-state index contributed by atoms with van der Waals surface area (Å²) >= 11 is 0. The number of fused-ring (bicyclic) bond motifs is 9. The lowest BCUT2D eigenvalue weighted by Gasteiger charge is -2.13. The van der Waals surface area contributed by atoms with Crippen molar-refractivity contribution in [1.29, 1.82) is 0 Å². The van der Waals surface area contributed by atoms with Gasteiger partial charge in [-0.05, 0) is 67.5 Å². The fourth-order valence-corrected chi connectivity index (χ4v) is 9.14. The fraction of sp³-hybridized carbons (Fsp3) is 0. The highest BCUT2D eigenvalue weighted by Gasteiger charge is 2.22. The summed E-state index contributed by atoms with van der Waals surface area (Å²) in [5.74, 6) is 0.679. The lowest BCUT2D eigenvalue weighted by Crippen LogP contribution is -1.96. The van der Waals surface area contributed by atoms with E-state index < -0.39 is 0 Å². The van der Waals surface area contributed by atoms with Crippen LogP contribution in [-0.2, 0) is 0 Å². The van der Waals surface area contributed by atoms with Crippen LogP contribution in [-0.4, -0.2) is 19.6 Å². The Bertz CT molecular complexity index is 3600. The van der Waals surface area contributed by atoms with Crippen LogP contribution in [0.3, 0.4) is 0 Å². The van der Waals surface area contributed by atoms with Crippen molar-refractivity contribution in [3.05, 3.63) is 218 Å². The van der Waals surface area contributed by atoms with E-state index in [1.54, 1.807) is 0 Å². The van der Waals surface area contributed by atoms with Crippen molar-refractivity contribution < 1.29 is 0 Å². The number of hydrogen-bond donors (Lipinski definition) is 0. The van der Waals surface area contributed by atoms with Crippen LogP contribution in [0.1, 0.15) is 0 Å². The van der Waals surface area contributed by atoms with E-state index in [9.17, 15) is 0 Å². The molecular weight excluding hydrogens is 741 g/mol. The third-order valence-electron chi connectivity index (χ3n) is 12.0. The second-order valence-electron chi connectivity index (χ2n) is 15.6. The number of pyridine rings is 1. The van der Waals surface area contributed by atoms with Crippen molar-refractivity contribution in [2.45, 2.75) is 0 Å². The van der Waals surface area contributed by atoms with Crippen LogP contribution in [0.2, 0.25) is 0 Å². The summed E-state index contributed by atoms with van der Waals surface area (Å²) in [5, 5.41) is 15.3. The van der Waals surface area contributed by atoms with Crippen LogP contribution < -0.4 is 0 Å². The predicted octanol–water partition coefficient (Wildman–Crippen LogP) is 14.7. The molecule has 0 saturated carbocycles. The van der Waals surface area contributed by atoms with Crippen LogP contribution >= 0.6 is 0 Å². The molecular formula is C57H36N4. The van der Waals surface area contributed by atoms with E-state index in [0.717, 1.165) is 72.6 Å². The van der Waals surface area contributed by atoms with Gasteiger partial charge >= 0.3 is 0 Å². The molecule has 0 fully saturated rings. The van der Waals surface area contributed by atoms with Crippen molar-refractivity contribution >= 4 is 48.6 Å². The van der Waals surface area contributed by atoms with Gasteiger partial charge in [0.25, 0.3) is 0 Å². The first-order valence-electron chi connectivity index (χ1n) is 20.7. The van der Waals surface area contributed by atoms with Gasteiger partial charge in [-0.3, -0.25) is 0 Å². The molecule has 4 heteroatoms. The van der Waals surface area contributed by atoms with E-state index in [2.05, 4.69) is 205 Å². The van der Waals surface area contributed by atoms with Crippen LogP contribution in [0.25, 0.3) is 116 Å². The summed E-state index contributed by atoms with van der Waals surface area (Å²) in [6.07, 6.45) is 0. The van der Waals surface area contributed by atoms with Crippen molar-refractivity contribution in [1.82, 2.24) is 19.6 Å². The van der Waals surface area contributed by atoms with E-state index in [1.165, 1.54) is 37.7 Å². The quantitative estimate of drug-likeness (QED) is 0.158. The van der Waals surface area contributed by atoms with E-state index >= 15 is 0 Å². The Kier molecular flexibility index (Phi) is 8.13. The highest BCUT2D eigenvalue weighted by atomic mass is 15.2. The molecule has 0 aliphatic carbocycles. The summed E-state index contributed by atoms with van der Waals surface area (Å²) in [7, 11) is 0. The van der Waals surface area contributed by atoms with Crippen molar-refractivity contribution in [2.75, 3.05) is 0 Å². The molecule has 4 nitrogen and oxygen atoms in total. The van der Waals surface area contributed by atoms with Gasteiger partial charge in [-0.2, -0.15) is 5.10 Å². The molecule has 9 aromatic carbocycles. The Morgan fingerprint density at radius 1 is 0.311 bits per heavy atom. The largest absolute Gasteiger partial charge is 0.231 e. The molecule has 0 amide bonds. The summed E-state index contributed by atoms with van der Waals surface area (Å²) in [5.41, 5.74) is 12.0. The van der Waals surface area contributed by atoms with Gasteiger partial charge < -0.3 is 0 Å². The Hall–Kier alpha value is -8.21. The SMILES string of the molecule is c1ccc(-c2nc(-c3cccc(-c4nn5c(-c6ccccc6)cc6ccccc6c5c4-c4ccccc4)c3)cc(-c3ccc4c5ccccc5c5ccccc5c4c3)n2)cc1. The molecule has 3 aromatic heterocycles. The van der Waals surface area contributed by atoms with E-state index in [-0.39, 0.29) is 0 Å². The van der Waals surface area contributed by atoms with Crippen molar-refractivity contribution in [3.63, 3.8) is 0 Å². The highest BCUT2D eigenvalue weighted by Crippen LogP contribution is 2.42. The zero-order valence-electron chi connectivity index (χ0n) is 33.1. The lowest BCUT2D eigenvalue weighted by atomic mass is 9.92. The van der Waals surface area contributed by atoms with Crippen LogP contribution in [0, 0.1) is 0 Å². The molecule has 284 valence electrons. The van der Waals surface area contributed by atoms with Crippen molar-refractivity contribution in [2.24, 2.45) is 0 Å². The second-order valence-corrected chi connectivity index (χ2v) is 15.6. The average molecular weight is 777 g/mol. The summed E-state index contributed by atoms with van der Waals surface area (Å²) in [6, 6.07) is 77.3. The summed E-state index contributed by atoms with van der Waals surface area (Å²) < 4.78 is 2.14. The molecule has 0 aliphatic rings. The minimum Gasteiger partial charge on any atom is -0.231 e. The highest BCUT2D eigenvalue weighted by molar-refractivity contribution is 6.25. The molecule has 12 rings (SSSR count). The maximum atomic E-state index is 5.51. The fourth-order valence-electron chi connectivity index (χ4n) is 9.14. The number of aromatic nitrogens is 4. The van der Waals surface area contributed by atoms with E-state index in [1.807, 2.05) is 18.2 Å². The monoisotopic (exact) mass is 776 g/mol. The van der Waals surface area contributed by atoms with Gasteiger partial charge in [0.1, 0.15) is 5.69 Å². The normalized spacial score (nSPS) is 11.6. The molecule has 0 atom stereocenters. The molecule has 0 N–H and O–H groups in total. The number of benzene rings is 9. The molecule has 12 aromatic rings. The molecule has 0 radical (unpaired) electrons. The summed E-state index contributed by atoms with van der Waals surface area (Å²) in [6.45, 7) is 0. The first-order valence-corrected chi connectivity index (χ1v) is 20.7. The standard InChI is InChI=1S/C57H36N4/c1-4-17-37(18-5-1)53-35-40-23-10-11-26-44(40)56-54(38-19-6-2-7-20-38)55(60-61(53)56)43-25-16-24-41(33-43)51-36-52(59-57(58-51)39-21-8-3-9-22-39)42-31-32-49-47-29-13-12-27-45(47)46-28-14-15-30-48(46)50(49)34-42/h1-36H. The molecule has 61 heavy (non-hydrogen) atoms. The third-order valence-corrected chi connectivity index (χ3v) is 12.0. The number of hydrogen-bond acceptors (Lipinski definition) is 3. The van der Waals surface area contributed by atoms with Gasteiger partial charge in [0.05, 0.1) is 22.6 Å². The first-order chi connectivity index (χ1) is 30.2. The van der Waals surface area contributed by atoms with E-state index in [0.29, 0.717) is 5.82 Å². The molecule has 0 unspecified atom stereocenters. The molecule has 0 bridgehead atoms. The Morgan fingerprint density at radius 3 is 1.46 bits per heavy atom. The Balaban J connectivity index is 1.08. The number of rotatable bonds is 6. The average Bonchev–Trinajstić information content (AvgIpc) is 3.76. The van der Waals surface area contributed by atoms with Gasteiger partial charge in [0, 0.05) is 38.8 Å². The third kappa shape index (κ3) is 5.88. The topological polar surface area (TPSA) is 43.1 Å². The second kappa shape index (κ2) is 14.3. The van der Waals surface area contributed by atoms with Crippen LogP contribution in [0.4, 0.5) is 0 Å². The lowest BCUT2D eigenvalue weighted by molar-refractivity contribution is 0.979. The zero-order chi connectivity index (χ0) is 40.3. The smallest absolute Gasteiger partial charge is 0.160 e. The van der Waals surface area contributed by atoms with Gasteiger partial charge in [0.15, 0.2) is 5.82 Å². The van der Waals surface area contributed by atoms with Gasteiger partial charge in [-0.15, -0.1) is 0 Å². The maximum Gasteiger partial charge on any atom is 0.160 e. The van der Waals surface area contributed by atoms with Crippen LogP contribution in [0.5, 0.6) is 0 Å². The van der Waals surface area contributed by atoms with Gasteiger partial charge in [-0.25, -0.2) is 14.5 Å². The molecule has 3 heterocycles. The zero-order valence-corrected chi connectivity index (χ0v) is 33.1. The van der Waals surface area contributed by atoms with Crippen LogP contribution in [0.15, 0.2) is 218 Å². The first kappa shape index (κ1) is 34.8. The Labute approximate surface area is 352 Å². The number of nitrogens with zero attached hydrogens (tertiary/aromatic N) is 4. The van der Waals surface area contributed by atoms with Gasteiger partial charge in [0.2, 0.25) is 0 Å². The van der Waals surface area contributed by atoms with Crippen molar-refractivity contribution in [3.8, 4) is 67.5 Å². The maximum absolute atomic E-state index is 5.51. The molecule has 0 spiro atoms.